The quantitative estimate of drug-likeness (QED) is 0.773. The first-order valence-corrected chi connectivity index (χ1v) is 7.28. The van der Waals surface area contributed by atoms with Crippen LogP contribution in [-0.4, -0.2) is 14.6 Å². The fourth-order valence-corrected chi connectivity index (χ4v) is 3.52. The molecule has 0 radical (unpaired) electrons. The van der Waals surface area contributed by atoms with Gasteiger partial charge in [-0.15, -0.1) is 0 Å². The van der Waals surface area contributed by atoms with E-state index < -0.39 is 0 Å². The van der Waals surface area contributed by atoms with E-state index in [0.717, 1.165) is 29.6 Å². The lowest BCUT2D eigenvalue weighted by atomic mass is 10.0. The van der Waals surface area contributed by atoms with Crippen LogP contribution in [0.25, 0.3) is 0 Å². The van der Waals surface area contributed by atoms with Crippen molar-refractivity contribution in [3.63, 3.8) is 0 Å². The van der Waals surface area contributed by atoms with E-state index in [9.17, 15) is 0 Å². The number of alkyl halides is 1. The molecule has 0 spiro atoms. The zero-order chi connectivity index (χ0) is 11.7. The van der Waals surface area contributed by atoms with Gasteiger partial charge in [0.15, 0.2) is 0 Å². The largest absolute Gasteiger partial charge is 0.268 e. The summed E-state index contributed by atoms with van der Waals surface area (Å²) >= 11 is 10.1. The van der Waals surface area contributed by atoms with Crippen molar-refractivity contribution in [1.82, 2.24) is 9.78 Å². The summed E-state index contributed by atoms with van der Waals surface area (Å²) in [7, 11) is 0. The summed E-state index contributed by atoms with van der Waals surface area (Å²) in [4.78, 5) is 0.657. The van der Waals surface area contributed by atoms with Crippen molar-refractivity contribution in [1.29, 1.82) is 0 Å². The topological polar surface area (TPSA) is 17.8 Å². The van der Waals surface area contributed by atoms with Gasteiger partial charge in [-0.3, -0.25) is 4.68 Å². The Hall–Kier alpha value is -0.0200. The number of hydrogen-bond acceptors (Lipinski definition) is 1. The predicted octanol–water partition coefficient (Wildman–Crippen LogP) is 3.97. The Labute approximate surface area is 110 Å². The summed E-state index contributed by atoms with van der Waals surface area (Å²) in [5.74, 6) is 0.721. The molecular formula is C12H18BrClN2. The van der Waals surface area contributed by atoms with Crippen LogP contribution in [0.5, 0.6) is 0 Å². The number of hydrogen-bond donors (Lipinski definition) is 0. The molecule has 4 heteroatoms. The maximum atomic E-state index is 6.32. The Kier molecular flexibility index (Phi) is 3.96. The van der Waals surface area contributed by atoms with Gasteiger partial charge >= 0.3 is 0 Å². The van der Waals surface area contributed by atoms with E-state index in [1.807, 2.05) is 6.92 Å². The Morgan fingerprint density at radius 3 is 2.81 bits per heavy atom. The van der Waals surface area contributed by atoms with E-state index in [2.05, 4.69) is 32.6 Å². The molecule has 1 aromatic heterocycles. The molecule has 90 valence electrons. The van der Waals surface area contributed by atoms with Crippen molar-refractivity contribution in [2.45, 2.75) is 50.9 Å². The van der Waals surface area contributed by atoms with Crippen LogP contribution >= 0.6 is 27.5 Å². The van der Waals surface area contributed by atoms with Crippen LogP contribution < -0.4 is 0 Å². The van der Waals surface area contributed by atoms with E-state index in [-0.39, 0.29) is 0 Å². The summed E-state index contributed by atoms with van der Waals surface area (Å²) in [5.41, 5.74) is 2.18. The van der Waals surface area contributed by atoms with Gasteiger partial charge in [-0.1, -0.05) is 34.0 Å². The summed E-state index contributed by atoms with van der Waals surface area (Å²) in [5, 5.41) is 5.33. The highest BCUT2D eigenvalue weighted by molar-refractivity contribution is 9.09. The molecule has 1 fully saturated rings. The Balaban J connectivity index is 2.19. The molecule has 0 aliphatic heterocycles. The smallest absolute Gasteiger partial charge is 0.0847 e. The Morgan fingerprint density at radius 1 is 1.50 bits per heavy atom. The molecule has 2 rings (SSSR count). The second-order valence-corrected chi connectivity index (χ2v) is 6.13. The Morgan fingerprint density at radius 2 is 2.25 bits per heavy atom. The van der Waals surface area contributed by atoms with Gasteiger partial charge in [0.1, 0.15) is 0 Å². The zero-order valence-electron chi connectivity index (χ0n) is 9.84. The maximum Gasteiger partial charge on any atom is 0.0847 e. The molecule has 0 aromatic carbocycles. The predicted molar refractivity (Wildman–Crippen MR) is 71.4 cm³/mol. The first kappa shape index (κ1) is 12.4. The molecule has 1 aliphatic rings. The fraction of sp³-hybridized carbons (Fsp3) is 0.750. The minimum absolute atomic E-state index is 0.657. The average molecular weight is 306 g/mol. The van der Waals surface area contributed by atoms with Gasteiger partial charge in [0.2, 0.25) is 0 Å². The number of rotatable bonds is 3. The number of nitrogens with zero attached hydrogens (tertiary/aromatic N) is 2. The van der Waals surface area contributed by atoms with Crippen molar-refractivity contribution in [2.75, 3.05) is 0 Å². The third-order valence-electron chi connectivity index (χ3n) is 3.47. The molecule has 1 aromatic rings. The fourth-order valence-electron chi connectivity index (χ4n) is 2.53. The molecule has 2 nitrogen and oxygen atoms in total. The second-order valence-electron chi connectivity index (χ2n) is 4.57. The van der Waals surface area contributed by atoms with Crippen molar-refractivity contribution >= 4 is 27.5 Å². The zero-order valence-corrected chi connectivity index (χ0v) is 12.2. The SMILES string of the molecule is CCn1nc(C)c(Cl)c1CC1CCCC1Br. The van der Waals surface area contributed by atoms with Crippen LogP contribution in [0, 0.1) is 12.8 Å². The van der Waals surface area contributed by atoms with Crippen LogP contribution in [0.3, 0.4) is 0 Å². The maximum absolute atomic E-state index is 6.32. The average Bonchev–Trinajstić information content (AvgIpc) is 2.78. The van der Waals surface area contributed by atoms with Crippen molar-refractivity contribution in [3.8, 4) is 0 Å². The molecule has 1 saturated carbocycles. The van der Waals surface area contributed by atoms with Crippen LogP contribution in [0.2, 0.25) is 5.02 Å². The third-order valence-corrected chi connectivity index (χ3v) is 5.17. The van der Waals surface area contributed by atoms with Gasteiger partial charge in [-0.25, -0.2) is 0 Å². The van der Waals surface area contributed by atoms with Gasteiger partial charge in [0, 0.05) is 11.4 Å². The number of halogens is 2. The standard InChI is InChI=1S/C12H18BrClN2/c1-3-16-11(12(14)8(2)15-16)7-9-5-4-6-10(9)13/h9-10H,3-7H2,1-2H3. The highest BCUT2D eigenvalue weighted by Crippen LogP contribution is 2.35. The van der Waals surface area contributed by atoms with Gasteiger partial charge < -0.3 is 0 Å². The lowest BCUT2D eigenvalue weighted by Crippen LogP contribution is -2.13. The van der Waals surface area contributed by atoms with Gasteiger partial charge in [0.25, 0.3) is 0 Å². The third kappa shape index (κ3) is 2.30. The molecule has 0 saturated heterocycles. The summed E-state index contributed by atoms with van der Waals surface area (Å²) < 4.78 is 2.05. The van der Waals surface area contributed by atoms with E-state index in [0.29, 0.717) is 4.83 Å². The van der Waals surface area contributed by atoms with E-state index >= 15 is 0 Å². The molecule has 2 unspecified atom stereocenters. The van der Waals surface area contributed by atoms with Crippen LogP contribution in [0.15, 0.2) is 0 Å². The van der Waals surface area contributed by atoms with E-state index in [4.69, 9.17) is 11.6 Å². The molecule has 2 atom stereocenters. The number of aromatic nitrogens is 2. The molecule has 0 N–H and O–H groups in total. The molecule has 16 heavy (non-hydrogen) atoms. The second kappa shape index (κ2) is 5.09. The lowest BCUT2D eigenvalue weighted by Gasteiger charge is -2.14. The molecule has 0 amide bonds. The first-order chi connectivity index (χ1) is 7.63. The molecule has 1 heterocycles. The summed E-state index contributed by atoms with van der Waals surface area (Å²) in [6, 6.07) is 0. The summed E-state index contributed by atoms with van der Waals surface area (Å²) in [6.07, 6.45) is 4.99. The number of aryl methyl sites for hydroxylation is 2. The lowest BCUT2D eigenvalue weighted by molar-refractivity contribution is 0.518. The van der Waals surface area contributed by atoms with E-state index in [1.54, 1.807) is 0 Å². The van der Waals surface area contributed by atoms with Crippen LogP contribution in [0.1, 0.15) is 37.6 Å². The summed E-state index contributed by atoms with van der Waals surface area (Å²) in [6.45, 7) is 5.01. The van der Waals surface area contributed by atoms with Gasteiger partial charge in [-0.2, -0.15) is 5.10 Å². The van der Waals surface area contributed by atoms with Crippen molar-refractivity contribution in [2.24, 2.45) is 5.92 Å². The van der Waals surface area contributed by atoms with Crippen LogP contribution in [-0.2, 0) is 13.0 Å². The molecular weight excluding hydrogens is 288 g/mol. The highest BCUT2D eigenvalue weighted by atomic mass is 79.9. The van der Waals surface area contributed by atoms with Crippen molar-refractivity contribution < 1.29 is 0 Å². The molecule has 0 bridgehead atoms. The Bertz CT molecular complexity index is 375. The highest BCUT2D eigenvalue weighted by Gasteiger charge is 2.27. The van der Waals surface area contributed by atoms with E-state index in [1.165, 1.54) is 25.0 Å². The van der Waals surface area contributed by atoms with Crippen LogP contribution in [0.4, 0.5) is 0 Å². The normalized spacial score (nSPS) is 25.2. The molecule has 1 aliphatic carbocycles. The van der Waals surface area contributed by atoms with Gasteiger partial charge in [0.05, 0.1) is 16.4 Å². The monoisotopic (exact) mass is 304 g/mol. The van der Waals surface area contributed by atoms with Crippen molar-refractivity contribution in [3.05, 3.63) is 16.4 Å². The van der Waals surface area contributed by atoms with Gasteiger partial charge in [-0.05, 0) is 39.0 Å². The first-order valence-electron chi connectivity index (χ1n) is 5.99. The minimum Gasteiger partial charge on any atom is -0.268 e. The minimum atomic E-state index is 0.657.